The van der Waals surface area contributed by atoms with Crippen LogP contribution in [0.2, 0.25) is 5.15 Å². The van der Waals surface area contributed by atoms with Gasteiger partial charge < -0.3 is 10.4 Å². The van der Waals surface area contributed by atoms with Gasteiger partial charge in [-0.05, 0) is 25.0 Å². The van der Waals surface area contributed by atoms with Crippen molar-refractivity contribution in [2.75, 3.05) is 5.32 Å². The smallest absolute Gasteiger partial charge is 0.303 e. The van der Waals surface area contributed by atoms with Crippen LogP contribution in [0.1, 0.15) is 24.8 Å². The Bertz CT molecular complexity index is 414. The number of hydrogen-bond acceptors (Lipinski definition) is 3. The Morgan fingerprint density at radius 3 is 2.76 bits per heavy atom. The molecule has 0 aliphatic heterocycles. The largest absolute Gasteiger partial charge is 0.481 e. The third-order valence-corrected chi connectivity index (χ3v) is 2.46. The molecule has 17 heavy (non-hydrogen) atoms. The number of aromatic nitrogens is 1. The van der Waals surface area contributed by atoms with E-state index in [9.17, 15) is 9.59 Å². The Balaban J connectivity index is 2.53. The van der Waals surface area contributed by atoms with Crippen molar-refractivity contribution >= 4 is 29.2 Å². The van der Waals surface area contributed by atoms with E-state index in [0.29, 0.717) is 12.1 Å². The van der Waals surface area contributed by atoms with Crippen LogP contribution in [0, 0.1) is 6.92 Å². The van der Waals surface area contributed by atoms with Gasteiger partial charge in [-0.2, -0.15) is 0 Å². The number of carbonyl (C=O) groups is 2. The lowest BCUT2D eigenvalue weighted by Crippen LogP contribution is -2.13. The van der Waals surface area contributed by atoms with E-state index >= 15 is 0 Å². The summed E-state index contributed by atoms with van der Waals surface area (Å²) in [6.07, 6.45) is 1.99. The highest BCUT2D eigenvalue weighted by molar-refractivity contribution is 6.32. The van der Waals surface area contributed by atoms with Crippen LogP contribution in [-0.2, 0) is 9.59 Å². The third kappa shape index (κ3) is 4.40. The second kappa shape index (κ2) is 6.20. The summed E-state index contributed by atoms with van der Waals surface area (Å²) >= 11 is 5.84. The highest BCUT2D eigenvalue weighted by atomic mass is 35.5. The van der Waals surface area contributed by atoms with Crippen LogP contribution >= 0.6 is 11.6 Å². The number of pyridine rings is 1. The lowest BCUT2D eigenvalue weighted by atomic mass is 10.2. The number of halogens is 1. The average Bonchev–Trinajstić information content (AvgIpc) is 2.23. The lowest BCUT2D eigenvalue weighted by molar-refractivity contribution is -0.137. The van der Waals surface area contributed by atoms with Crippen molar-refractivity contribution in [3.8, 4) is 0 Å². The van der Waals surface area contributed by atoms with E-state index in [0.717, 1.165) is 5.56 Å². The minimum absolute atomic E-state index is 0.0207. The third-order valence-electron chi connectivity index (χ3n) is 2.17. The maximum absolute atomic E-state index is 11.5. The second-order valence-electron chi connectivity index (χ2n) is 3.59. The fourth-order valence-electron chi connectivity index (χ4n) is 1.28. The molecule has 0 radical (unpaired) electrons. The van der Waals surface area contributed by atoms with Gasteiger partial charge in [0.2, 0.25) is 5.91 Å². The number of aliphatic carboxylic acids is 1. The second-order valence-corrected chi connectivity index (χ2v) is 3.95. The van der Waals surface area contributed by atoms with Gasteiger partial charge in [0.05, 0.1) is 5.69 Å². The van der Waals surface area contributed by atoms with Crippen molar-refractivity contribution in [2.45, 2.75) is 26.2 Å². The zero-order valence-electron chi connectivity index (χ0n) is 9.36. The molecule has 1 aromatic rings. The van der Waals surface area contributed by atoms with Crippen LogP contribution in [0.15, 0.2) is 12.3 Å². The number of carboxylic acid groups (broad SMARTS) is 1. The van der Waals surface area contributed by atoms with Gasteiger partial charge in [0, 0.05) is 19.0 Å². The first-order chi connectivity index (χ1) is 8.00. The van der Waals surface area contributed by atoms with Crippen LogP contribution in [0.5, 0.6) is 0 Å². The average molecular weight is 257 g/mol. The van der Waals surface area contributed by atoms with Gasteiger partial charge in [-0.1, -0.05) is 11.6 Å². The van der Waals surface area contributed by atoms with Gasteiger partial charge in [0.1, 0.15) is 0 Å². The highest BCUT2D eigenvalue weighted by Gasteiger charge is 2.09. The molecule has 1 aromatic heterocycles. The maximum atomic E-state index is 11.5. The first kappa shape index (κ1) is 13.4. The molecule has 5 nitrogen and oxygen atoms in total. The molecule has 6 heteroatoms. The Kier molecular flexibility index (Phi) is 4.90. The van der Waals surface area contributed by atoms with E-state index in [1.54, 1.807) is 19.2 Å². The Labute approximate surface area is 104 Å². The zero-order chi connectivity index (χ0) is 12.8. The van der Waals surface area contributed by atoms with E-state index in [1.165, 1.54) is 0 Å². The van der Waals surface area contributed by atoms with Crippen LogP contribution in [-0.4, -0.2) is 22.0 Å². The van der Waals surface area contributed by atoms with E-state index in [2.05, 4.69) is 10.3 Å². The molecule has 2 N–H and O–H groups in total. The normalized spacial score (nSPS) is 10.0. The molecule has 1 amide bonds. The van der Waals surface area contributed by atoms with E-state index in [4.69, 9.17) is 16.7 Å². The molecule has 1 rings (SSSR count). The summed E-state index contributed by atoms with van der Waals surface area (Å²) in [4.78, 5) is 25.7. The number of nitrogens with zero attached hydrogens (tertiary/aromatic N) is 1. The Hall–Kier alpha value is -1.62. The molecule has 0 saturated carbocycles. The number of aryl methyl sites for hydroxylation is 1. The molecule has 0 aliphatic rings. The summed E-state index contributed by atoms with van der Waals surface area (Å²) in [6, 6.07) is 1.73. The molecule has 0 unspecified atom stereocenters. The molecular weight excluding hydrogens is 244 g/mol. The zero-order valence-corrected chi connectivity index (χ0v) is 10.1. The topological polar surface area (TPSA) is 79.3 Å². The van der Waals surface area contributed by atoms with Crippen LogP contribution in [0.4, 0.5) is 5.69 Å². The van der Waals surface area contributed by atoms with Crippen LogP contribution in [0.25, 0.3) is 0 Å². The Morgan fingerprint density at radius 1 is 1.47 bits per heavy atom. The van der Waals surface area contributed by atoms with Gasteiger partial charge in [0.15, 0.2) is 5.15 Å². The SMILES string of the molecule is Cc1ccnc(Cl)c1NC(=O)CCCC(=O)O. The molecule has 0 aromatic carbocycles. The quantitative estimate of drug-likeness (QED) is 0.792. The van der Waals surface area contributed by atoms with Gasteiger partial charge >= 0.3 is 5.97 Å². The summed E-state index contributed by atoms with van der Waals surface area (Å²) in [5.41, 5.74) is 1.30. The minimum atomic E-state index is -0.909. The molecule has 0 saturated heterocycles. The monoisotopic (exact) mass is 256 g/mol. The number of carbonyl (C=O) groups excluding carboxylic acids is 1. The van der Waals surface area contributed by atoms with Crippen molar-refractivity contribution in [2.24, 2.45) is 0 Å². The van der Waals surface area contributed by atoms with E-state index < -0.39 is 5.97 Å². The molecule has 0 fully saturated rings. The number of amides is 1. The fourth-order valence-corrected chi connectivity index (χ4v) is 1.53. The number of hydrogen-bond donors (Lipinski definition) is 2. The molecule has 0 spiro atoms. The van der Waals surface area contributed by atoms with Crippen LogP contribution in [0.3, 0.4) is 0 Å². The van der Waals surface area contributed by atoms with Gasteiger partial charge in [-0.15, -0.1) is 0 Å². The molecular formula is C11H13ClN2O3. The molecule has 1 heterocycles. The number of carboxylic acids is 1. The first-order valence-corrected chi connectivity index (χ1v) is 5.51. The van der Waals surface area contributed by atoms with Gasteiger partial charge in [-0.25, -0.2) is 4.98 Å². The van der Waals surface area contributed by atoms with Crippen molar-refractivity contribution in [3.63, 3.8) is 0 Å². The highest BCUT2D eigenvalue weighted by Crippen LogP contribution is 2.22. The van der Waals surface area contributed by atoms with Crippen LogP contribution < -0.4 is 5.32 Å². The van der Waals surface area contributed by atoms with Gasteiger partial charge in [-0.3, -0.25) is 9.59 Å². The summed E-state index contributed by atoms with van der Waals surface area (Å²) in [5, 5.41) is 11.3. The summed E-state index contributed by atoms with van der Waals surface area (Å²) in [6.45, 7) is 1.81. The van der Waals surface area contributed by atoms with E-state index in [1.807, 2.05) is 0 Å². The fraction of sp³-hybridized carbons (Fsp3) is 0.364. The first-order valence-electron chi connectivity index (χ1n) is 5.13. The van der Waals surface area contributed by atoms with Crippen molar-refractivity contribution in [3.05, 3.63) is 23.0 Å². The predicted molar refractivity (Wildman–Crippen MR) is 64.1 cm³/mol. The minimum Gasteiger partial charge on any atom is -0.481 e. The molecule has 0 aliphatic carbocycles. The summed E-state index contributed by atoms with van der Waals surface area (Å²) < 4.78 is 0. The standard InChI is InChI=1S/C11H13ClN2O3/c1-7-5-6-13-11(12)10(7)14-8(15)3-2-4-9(16)17/h5-6H,2-4H2,1H3,(H,14,15)(H,16,17). The van der Waals surface area contributed by atoms with Crippen molar-refractivity contribution in [1.82, 2.24) is 4.98 Å². The lowest BCUT2D eigenvalue weighted by Gasteiger charge is -2.08. The van der Waals surface area contributed by atoms with Gasteiger partial charge in [0.25, 0.3) is 0 Å². The number of rotatable bonds is 5. The maximum Gasteiger partial charge on any atom is 0.303 e. The molecule has 0 bridgehead atoms. The number of anilines is 1. The van der Waals surface area contributed by atoms with Crippen molar-refractivity contribution < 1.29 is 14.7 Å². The van der Waals surface area contributed by atoms with Crippen molar-refractivity contribution in [1.29, 1.82) is 0 Å². The molecule has 92 valence electrons. The van der Waals surface area contributed by atoms with E-state index in [-0.39, 0.29) is 23.9 Å². The molecule has 0 atom stereocenters. The summed E-state index contributed by atoms with van der Waals surface area (Å²) in [5.74, 6) is -1.17. The summed E-state index contributed by atoms with van der Waals surface area (Å²) in [7, 11) is 0. The Morgan fingerprint density at radius 2 is 2.18 bits per heavy atom. The number of nitrogens with one attached hydrogen (secondary N) is 1. The predicted octanol–water partition coefficient (Wildman–Crippen LogP) is 2.24.